The van der Waals surface area contributed by atoms with Crippen LogP contribution in [-0.2, 0) is 9.53 Å². The van der Waals surface area contributed by atoms with Crippen molar-refractivity contribution in [3.63, 3.8) is 0 Å². The van der Waals surface area contributed by atoms with Gasteiger partial charge >= 0.3 is 12.0 Å². The fourth-order valence-electron chi connectivity index (χ4n) is 2.45. The number of rotatable bonds is 7. The van der Waals surface area contributed by atoms with E-state index in [0.717, 1.165) is 37.4 Å². The van der Waals surface area contributed by atoms with E-state index < -0.39 is 5.97 Å². The van der Waals surface area contributed by atoms with Gasteiger partial charge in [-0.25, -0.2) is 4.79 Å². The van der Waals surface area contributed by atoms with Gasteiger partial charge in [-0.3, -0.25) is 4.79 Å². The first-order valence-electron chi connectivity index (χ1n) is 8.16. The van der Waals surface area contributed by atoms with Gasteiger partial charge in [0.2, 0.25) is 0 Å². The minimum absolute atomic E-state index is 0.0393. The zero-order chi connectivity index (χ0) is 17.4. The van der Waals surface area contributed by atoms with E-state index in [1.54, 1.807) is 6.07 Å². The number of anilines is 1. The number of carbonyl (C=O) groups is 2. The van der Waals surface area contributed by atoms with Gasteiger partial charge in [0.25, 0.3) is 0 Å². The molecule has 1 fully saturated rings. The van der Waals surface area contributed by atoms with Gasteiger partial charge in [0.05, 0.1) is 13.2 Å². The predicted octanol–water partition coefficient (Wildman–Crippen LogP) is 2.54. The Morgan fingerprint density at radius 1 is 1.33 bits per heavy atom. The smallest absolute Gasteiger partial charge is 0.319 e. The van der Waals surface area contributed by atoms with Gasteiger partial charge in [-0.15, -0.1) is 0 Å². The number of carboxylic acids is 1. The average molecular weight is 336 g/mol. The van der Waals surface area contributed by atoms with Crippen LogP contribution in [0.3, 0.4) is 0 Å². The van der Waals surface area contributed by atoms with Crippen molar-refractivity contribution in [2.45, 2.75) is 38.7 Å². The molecule has 132 valence electrons. The molecular weight excluding hydrogens is 312 g/mol. The summed E-state index contributed by atoms with van der Waals surface area (Å²) < 4.78 is 11.3. The third-order valence-corrected chi connectivity index (χ3v) is 3.75. The second-order valence-corrected chi connectivity index (χ2v) is 5.79. The van der Waals surface area contributed by atoms with Crippen LogP contribution in [-0.4, -0.2) is 43.0 Å². The Morgan fingerprint density at radius 3 is 2.75 bits per heavy atom. The van der Waals surface area contributed by atoms with E-state index in [1.807, 2.05) is 19.1 Å². The van der Waals surface area contributed by atoms with Crippen LogP contribution in [0.5, 0.6) is 5.75 Å². The zero-order valence-electron chi connectivity index (χ0n) is 13.8. The molecule has 3 N–H and O–H groups in total. The summed E-state index contributed by atoms with van der Waals surface area (Å²) >= 11 is 0. The monoisotopic (exact) mass is 336 g/mol. The molecule has 24 heavy (non-hydrogen) atoms. The molecule has 7 nitrogen and oxygen atoms in total. The number of aryl methyl sites for hydroxylation is 1. The number of amides is 2. The summed E-state index contributed by atoms with van der Waals surface area (Å²) in [4.78, 5) is 22.2. The Balaban J connectivity index is 1.80. The molecule has 0 atom stereocenters. The number of nitrogens with one attached hydrogen (secondary N) is 2. The van der Waals surface area contributed by atoms with Crippen LogP contribution in [0.4, 0.5) is 10.5 Å². The summed E-state index contributed by atoms with van der Waals surface area (Å²) in [6.07, 6.45) is 2.39. The fraction of sp³-hybridized carbons (Fsp3) is 0.529. The lowest BCUT2D eigenvalue weighted by molar-refractivity contribution is -0.137. The van der Waals surface area contributed by atoms with Crippen LogP contribution in [0.15, 0.2) is 18.2 Å². The maximum absolute atomic E-state index is 11.8. The summed E-state index contributed by atoms with van der Waals surface area (Å²) in [6.45, 7) is 3.71. The number of benzene rings is 1. The lowest BCUT2D eigenvalue weighted by Gasteiger charge is -2.24. The molecule has 1 saturated heterocycles. The Bertz CT molecular complexity index is 570. The highest BCUT2D eigenvalue weighted by atomic mass is 16.5. The molecule has 1 aliphatic rings. The van der Waals surface area contributed by atoms with Crippen molar-refractivity contribution >= 4 is 17.7 Å². The van der Waals surface area contributed by atoms with Gasteiger partial charge in [-0.1, -0.05) is 0 Å². The molecule has 0 aliphatic carbocycles. The van der Waals surface area contributed by atoms with Gasteiger partial charge in [0, 0.05) is 31.5 Å². The van der Waals surface area contributed by atoms with Crippen molar-refractivity contribution in [1.29, 1.82) is 0 Å². The summed E-state index contributed by atoms with van der Waals surface area (Å²) in [5.41, 5.74) is 1.62. The van der Waals surface area contributed by atoms with Gasteiger partial charge in [-0.2, -0.15) is 0 Å². The Hall–Kier alpha value is -2.28. The highest BCUT2D eigenvalue weighted by Gasteiger charge is 2.16. The van der Waals surface area contributed by atoms with Gasteiger partial charge in [0.15, 0.2) is 0 Å². The molecule has 0 aromatic heterocycles. The fourth-order valence-corrected chi connectivity index (χ4v) is 2.45. The number of aliphatic carboxylic acids is 1. The molecular formula is C17H24N2O5. The topological polar surface area (TPSA) is 96.9 Å². The second-order valence-electron chi connectivity index (χ2n) is 5.79. The molecule has 7 heteroatoms. The number of ether oxygens (including phenoxy) is 2. The summed E-state index contributed by atoms with van der Waals surface area (Å²) in [5, 5.41) is 13.9. The van der Waals surface area contributed by atoms with Crippen LogP contribution >= 0.6 is 0 Å². The van der Waals surface area contributed by atoms with E-state index in [9.17, 15) is 9.59 Å². The molecule has 1 aliphatic heterocycles. The molecule has 0 radical (unpaired) electrons. The molecule has 0 saturated carbocycles. The van der Waals surface area contributed by atoms with Crippen molar-refractivity contribution in [2.24, 2.45) is 0 Å². The van der Waals surface area contributed by atoms with E-state index >= 15 is 0 Å². The second kappa shape index (κ2) is 9.12. The number of urea groups is 1. The Morgan fingerprint density at radius 2 is 2.08 bits per heavy atom. The largest absolute Gasteiger partial charge is 0.490 e. The van der Waals surface area contributed by atoms with E-state index in [1.165, 1.54) is 0 Å². The van der Waals surface area contributed by atoms with Crippen LogP contribution < -0.4 is 15.4 Å². The minimum atomic E-state index is -0.868. The lowest BCUT2D eigenvalue weighted by atomic mass is 10.1. The number of hydrogen-bond donors (Lipinski definition) is 3. The van der Waals surface area contributed by atoms with Crippen molar-refractivity contribution in [3.8, 4) is 5.75 Å². The van der Waals surface area contributed by atoms with E-state index in [-0.39, 0.29) is 18.6 Å². The highest BCUT2D eigenvalue weighted by molar-refractivity contribution is 5.89. The van der Waals surface area contributed by atoms with Gasteiger partial charge < -0.3 is 25.2 Å². The summed E-state index contributed by atoms with van der Waals surface area (Å²) in [6, 6.07) is 5.15. The highest BCUT2D eigenvalue weighted by Crippen LogP contribution is 2.25. The molecule has 1 aromatic rings. The lowest BCUT2D eigenvalue weighted by Crippen LogP contribution is -2.29. The normalized spacial score (nSPS) is 14.9. The zero-order valence-corrected chi connectivity index (χ0v) is 13.8. The van der Waals surface area contributed by atoms with Crippen molar-refractivity contribution in [2.75, 3.05) is 25.1 Å². The van der Waals surface area contributed by atoms with Crippen LogP contribution in [0.25, 0.3) is 0 Å². The van der Waals surface area contributed by atoms with Crippen molar-refractivity contribution in [1.82, 2.24) is 5.32 Å². The SMILES string of the molecule is Cc1cc(NC(=O)NCCCC(=O)O)ccc1OC1CCOCC1. The first-order chi connectivity index (χ1) is 11.5. The minimum Gasteiger partial charge on any atom is -0.490 e. The molecule has 0 bridgehead atoms. The molecule has 1 aromatic carbocycles. The van der Waals surface area contributed by atoms with Crippen LogP contribution in [0.1, 0.15) is 31.2 Å². The third-order valence-electron chi connectivity index (χ3n) is 3.75. The number of hydrogen-bond acceptors (Lipinski definition) is 4. The van der Waals surface area contributed by atoms with Crippen molar-refractivity contribution < 1.29 is 24.2 Å². The summed E-state index contributed by atoms with van der Waals surface area (Å²) in [5.74, 6) is -0.0535. The van der Waals surface area contributed by atoms with E-state index in [0.29, 0.717) is 18.7 Å². The predicted molar refractivity (Wildman–Crippen MR) is 89.5 cm³/mol. The standard InChI is InChI=1S/C17H24N2O5/c1-12-11-13(19-17(22)18-8-2-3-16(20)21)4-5-15(12)24-14-6-9-23-10-7-14/h4-5,11,14H,2-3,6-10H2,1H3,(H,20,21)(H2,18,19,22). The van der Waals surface area contributed by atoms with E-state index in [2.05, 4.69) is 10.6 Å². The number of carbonyl (C=O) groups excluding carboxylic acids is 1. The van der Waals surface area contributed by atoms with E-state index in [4.69, 9.17) is 14.6 Å². The molecule has 0 spiro atoms. The third kappa shape index (κ3) is 6.08. The van der Waals surface area contributed by atoms with Gasteiger partial charge in [-0.05, 0) is 37.1 Å². The first kappa shape index (κ1) is 18.1. The molecule has 2 amide bonds. The Labute approximate surface area is 141 Å². The van der Waals surface area contributed by atoms with Crippen LogP contribution in [0, 0.1) is 6.92 Å². The Kier molecular flexibility index (Phi) is 6.87. The van der Waals surface area contributed by atoms with Crippen molar-refractivity contribution in [3.05, 3.63) is 23.8 Å². The number of carboxylic acid groups (broad SMARTS) is 1. The molecule has 0 unspecified atom stereocenters. The maximum atomic E-state index is 11.8. The summed E-state index contributed by atoms with van der Waals surface area (Å²) in [7, 11) is 0. The maximum Gasteiger partial charge on any atom is 0.319 e. The molecule has 2 rings (SSSR count). The van der Waals surface area contributed by atoms with Gasteiger partial charge in [0.1, 0.15) is 11.9 Å². The first-order valence-corrected chi connectivity index (χ1v) is 8.16. The quantitative estimate of drug-likeness (QED) is 0.665. The molecule has 1 heterocycles. The average Bonchev–Trinajstić information content (AvgIpc) is 2.55. The van der Waals surface area contributed by atoms with Crippen LogP contribution in [0.2, 0.25) is 0 Å².